The third-order valence-electron chi connectivity index (χ3n) is 6.41. The summed E-state index contributed by atoms with van der Waals surface area (Å²) in [5.74, 6) is 1.24. The van der Waals surface area contributed by atoms with E-state index in [0.29, 0.717) is 18.1 Å². The van der Waals surface area contributed by atoms with Gasteiger partial charge < -0.3 is 16.0 Å². The molecule has 0 saturated heterocycles. The number of guanidine groups is 1. The van der Waals surface area contributed by atoms with E-state index in [2.05, 4.69) is 70.1 Å². The van der Waals surface area contributed by atoms with Crippen molar-refractivity contribution < 1.29 is 4.79 Å². The first kappa shape index (κ1) is 22.6. The number of carbonyl (C=O) groups is 1. The highest BCUT2D eigenvalue weighted by Crippen LogP contribution is 2.26. The summed E-state index contributed by atoms with van der Waals surface area (Å²) < 4.78 is 0. The first-order chi connectivity index (χ1) is 14.5. The van der Waals surface area contributed by atoms with E-state index < -0.39 is 0 Å². The number of nitrogens with one attached hydrogen (secondary N) is 3. The van der Waals surface area contributed by atoms with Crippen molar-refractivity contribution in [3.63, 3.8) is 0 Å². The summed E-state index contributed by atoms with van der Waals surface area (Å²) in [6.07, 6.45) is 7.44. The van der Waals surface area contributed by atoms with Gasteiger partial charge in [0.2, 0.25) is 5.91 Å². The minimum absolute atomic E-state index is 0.140. The molecular weight excluding hydrogens is 374 g/mol. The van der Waals surface area contributed by atoms with Crippen LogP contribution in [0.2, 0.25) is 0 Å². The Kier molecular flexibility index (Phi) is 8.55. The van der Waals surface area contributed by atoms with Gasteiger partial charge >= 0.3 is 0 Å². The molecule has 2 aliphatic rings. The maximum absolute atomic E-state index is 12.4. The van der Waals surface area contributed by atoms with E-state index >= 15 is 0 Å². The molecule has 1 aromatic rings. The van der Waals surface area contributed by atoms with Gasteiger partial charge in [-0.25, -0.2) is 0 Å². The molecule has 3 rings (SSSR count). The summed E-state index contributed by atoms with van der Waals surface area (Å²) in [5, 5.41) is 10.2. The first-order valence-corrected chi connectivity index (χ1v) is 11.6. The molecule has 0 radical (unpaired) electrons. The fourth-order valence-electron chi connectivity index (χ4n) is 4.14. The van der Waals surface area contributed by atoms with E-state index in [0.717, 1.165) is 64.0 Å². The van der Waals surface area contributed by atoms with Crippen LogP contribution < -0.4 is 16.0 Å². The van der Waals surface area contributed by atoms with E-state index in [1.54, 1.807) is 0 Å². The highest BCUT2D eigenvalue weighted by molar-refractivity contribution is 5.81. The Bertz CT molecular complexity index is 688. The standard InChI is InChI=1S/C24H39N5O/c1-18(29(3)17-19-8-5-4-6-9-19)14-15-26-24(25-2)28-22-11-7-10-20(16-22)23(30)27-21-12-13-21/h4-6,8-9,18,20-22H,7,10-17H2,1-3H3,(H,27,30)(H2,25,26,28). The van der Waals surface area contributed by atoms with Gasteiger partial charge in [0.15, 0.2) is 5.96 Å². The summed E-state index contributed by atoms with van der Waals surface area (Å²) >= 11 is 0. The van der Waals surface area contributed by atoms with Gasteiger partial charge in [0.1, 0.15) is 0 Å². The monoisotopic (exact) mass is 413 g/mol. The second kappa shape index (κ2) is 11.3. The van der Waals surface area contributed by atoms with Crippen molar-refractivity contribution in [2.45, 2.75) is 76.5 Å². The largest absolute Gasteiger partial charge is 0.356 e. The Morgan fingerprint density at radius 3 is 2.60 bits per heavy atom. The number of aliphatic imine (C=N–C) groups is 1. The summed E-state index contributed by atoms with van der Waals surface area (Å²) in [6.45, 7) is 4.10. The predicted molar refractivity (Wildman–Crippen MR) is 123 cm³/mol. The van der Waals surface area contributed by atoms with Crippen LogP contribution in [0.25, 0.3) is 0 Å². The van der Waals surface area contributed by atoms with Crippen LogP contribution in [0, 0.1) is 5.92 Å². The maximum atomic E-state index is 12.4. The van der Waals surface area contributed by atoms with Crippen LogP contribution in [0.15, 0.2) is 35.3 Å². The predicted octanol–water partition coefficient (Wildman–Crippen LogP) is 2.90. The number of rotatable bonds is 9. The van der Waals surface area contributed by atoms with Crippen LogP contribution in [-0.2, 0) is 11.3 Å². The zero-order valence-corrected chi connectivity index (χ0v) is 18.9. The highest BCUT2D eigenvalue weighted by Gasteiger charge is 2.31. The maximum Gasteiger partial charge on any atom is 0.223 e. The average molecular weight is 414 g/mol. The van der Waals surface area contributed by atoms with Crippen molar-refractivity contribution in [2.75, 3.05) is 20.6 Å². The minimum Gasteiger partial charge on any atom is -0.356 e. The minimum atomic E-state index is 0.140. The third kappa shape index (κ3) is 7.31. The van der Waals surface area contributed by atoms with Gasteiger partial charge in [-0.05, 0) is 58.1 Å². The molecule has 3 N–H and O–H groups in total. The average Bonchev–Trinajstić information content (AvgIpc) is 3.57. The van der Waals surface area contributed by atoms with E-state index in [1.165, 1.54) is 5.56 Å². The number of benzene rings is 1. The van der Waals surface area contributed by atoms with E-state index in [4.69, 9.17) is 0 Å². The van der Waals surface area contributed by atoms with Gasteiger partial charge in [0.25, 0.3) is 0 Å². The lowest BCUT2D eigenvalue weighted by atomic mass is 9.85. The number of amides is 1. The lowest BCUT2D eigenvalue weighted by Gasteiger charge is -2.30. The van der Waals surface area contributed by atoms with E-state index in [-0.39, 0.29) is 11.8 Å². The van der Waals surface area contributed by atoms with Crippen molar-refractivity contribution in [3.8, 4) is 0 Å². The lowest BCUT2D eigenvalue weighted by Crippen LogP contribution is -2.47. The number of nitrogens with zero attached hydrogens (tertiary/aromatic N) is 2. The van der Waals surface area contributed by atoms with Crippen LogP contribution in [-0.4, -0.2) is 55.5 Å². The lowest BCUT2D eigenvalue weighted by molar-refractivity contribution is -0.126. The molecule has 166 valence electrons. The molecule has 2 aliphatic carbocycles. The third-order valence-corrected chi connectivity index (χ3v) is 6.41. The molecule has 1 aromatic carbocycles. The zero-order valence-electron chi connectivity index (χ0n) is 18.9. The van der Waals surface area contributed by atoms with Crippen molar-refractivity contribution >= 4 is 11.9 Å². The molecule has 0 spiro atoms. The Morgan fingerprint density at radius 1 is 1.13 bits per heavy atom. The fraction of sp³-hybridized carbons (Fsp3) is 0.667. The van der Waals surface area contributed by atoms with Crippen molar-refractivity contribution in [2.24, 2.45) is 10.9 Å². The smallest absolute Gasteiger partial charge is 0.223 e. The Hall–Kier alpha value is -2.08. The summed E-state index contributed by atoms with van der Waals surface area (Å²) in [4.78, 5) is 19.2. The molecule has 2 saturated carbocycles. The fourth-order valence-corrected chi connectivity index (χ4v) is 4.14. The van der Waals surface area contributed by atoms with Crippen LogP contribution >= 0.6 is 0 Å². The second-order valence-corrected chi connectivity index (χ2v) is 9.03. The summed E-state index contributed by atoms with van der Waals surface area (Å²) in [6, 6.07) is 11.8. The Morgan fingerprint density at radius 2 is 1.90 bits per heavy atom. The second-order valence-electron chi connectivity index (χ2n) is 9.03. The van der Waals surface area contributed by atoms with Gasteiger partial charge in [0.05, 0.1) is 0 Å². The van der Waals surface area contributed by atoms with Gasteiger partial charge in [0, 0.05) is 44.2 Å². The van der Waals surface area contributed by atoms with Crippen molar-refractivity contribution in [1.29, 1.82) is 0 Å². The molecule has 1 amide bonds. The zero-order chi connectivity index (χ0) is 21.3. The summed E-state index contributed by atoms with van der Waals surface area (Å²) in [7, 11) is 4.00. The molecule has 2 fully saturated rings. The molecule has 0 aliphatic heterocycles. The highest BCUT2D eigenvalue weighted by atomic mass is 16.2. The number of carbonyl (C=O) groups excluding carboxylic acids is 1. The molecule has 30 heavy (non-hydrogen) atoms. The quantitative estimate of drug-likeness (QED) is 0.430. The Balaban J connectivity index is 1.37. The van der Waals surface area contributed by atoms with Crippen LogP contribution in [0.5, 0.6) is 0 Å². The van der Waals surface area contributed by atoms with E-state index in [1.807, 2.05) is 7.05 Å². The Labute approximate surface area is 181 Å². The van der Waals surface area contributed by atoms with Crippen molar-refractivity contribution in [3.05, 3.63) is 35.9 Å². The van der Waals surface area contributed by atoms with Crippen LogP contribution in [0.3, 0.4) is 0 Å². The molecule has 3 unspecified atom stereocenters. The van der Waals surface area contributed by atoms with Gasteiger partial charge in [-0.1, -0.05) is 36.8 Å². The molecule has 0 bridgehead atoms. The molecular formula is C24H39N5O. The van der Waals surface area contributed by atoms with Crippen LogP contribution in [0.4, 0.5) is 0 Å². The van der Waals surface area contributed by atoms with E-state index in [9.17, 15) is 4.79 Å². The number of hydrogen-bond acceptors (Lipinski definition) is 3. The molecule has 6 heteroatoms. The van der Waals surface area contributed by atoms with Crippen molar-refractivity contribution in [1.82, 2.24) is 20.9 Å². The molecule has 0 heterocycles. The topological polar surface area (TPSA) is 68.8 Å². The molecule has 3 atom stereocenters. The first-order valence-electron chi connectivity index (χ1n) is 11.6. The SMILES string of the molecule is CN=C(NCCC(C)N(C)Cc1ccccc1)NC1CCCC(C(=O)NC2CC2)C1. The van der Waals surface area contributed by atoms with Gasteiger partial charge in [-0.2, -0.15) is 0 Å². The molecule has 0 aromatic heterocycles. The number of hydrogen-bond donors (Lipinski definition) is 3. The van der Waals surface area contributed by atoms with Crippen LogP contribution in [0.1, 0.15) is 57.4 Å². The molecule has 6 nitrogen and oxygen atoms in total. The normalized spacial score (nSPS) is 23.1. The van der Waals surface area contributed by atoms with Gasteiger partial charge in [-0.3, -0.25) is 14.7 Å². The van der Waals surface area contributed by atoms with Gasteiger partial charge in [-0.15, -0.1) is 0 Å². The summed E-state index contributed by atoms with van der Waals surface area (Å²) in [5.41, 5.74) is 1.34.